The highest BCUT2D eigenvalue weighted by atomic mass is 28.4. The molecule has 7 nitrogen and oxygen atoms in total. The van der Waals surface area contributed by atoms with Gasteiger partial charge in [0.2, 0.25) is 0 Å². The van der Waals surface area contributed by atoms with Crippen molar-refractivity contribution in [2.24, 2.45) is 5.92 Å². The van der Waals surface area contributed by atoms with E-state index >= 15 is 0 Å². The molecule has 0 bridgehead atoms. The predicted octanol–water partition coefficient (Wildman–Crippen LogP) is 5.28. The van der Waals surface area contributed by atoms with E-state index in [1.807, 2.05) is 23.0 Å². The summed E-state index contributed by atoms with van der Waals surface area (Å²) >= 11 is 0. The van der Waals surface area contributed by atoms with Crippen LogP contribution in [0.2, 0.25) is 5.04 Å². The van der Waals surface area contributed by atoms with Crippen LogP contribution in [0.25, 0.3) is 10.9 Å². The number of nitro benzene ring substituents is 1. The van der Waals surface area contributed by atoms with Crippen molar-refractivity contribution in [1.29, 1.82) is 0 Å². The normalized spacial score (nSPS) is 17.9. The summed E-state index contributed by atoms with van der Waals surface area (Å²) in [6.07, 6.45) is 4.21. The zero-order chi connectivity index (χ0) is 26.2. The van der Waals surface area contributed by atoms with Crippen molar-refractivity contribution >= 4 is 41.6 Å². The smallest absolute Gasteiger partial charge is 0.280 e. The summed E-state index contributed by atoms with van der Waals surface area (Å²) in [5.41, 5.74) is 0.458. The van der Waals surface area contributed by atoms with Crippen LogP contribution < -0.4 is 10.4 Å². The molecular weight excluding hydrogens is 482 g/mol. The van der Waals surface area contributed by atoms with Crippen molar-refractivity contribution in [2.45, 2.75) is 44.7 Å². The molecule has 0 amide bonds. The zero-order valence-electron chi connectivity index (χ0n) is 21.3. The Morgan fingerprint density at radius 3 is 2.16 bits per heavy atom. The molecule has 5 rings (SSSR count). The van der Waals surface area contributed by atoms with Gasteiger partial charge in [0.1, 0.15) is 0 Å². The number of rotatable bonds is 8. The maximum atomic E-state index is 11.3. The Hall–Kier alpha value is -3.62. The van der Waals surface area contributed by atoms with Gasteiger partial charge in [-0.05, 0) is 40.2 Å². The van der Waals surface area contributed by atoms with E-state index in [0.717, 1.165) is 12.8 Å². The molecule has 0 spiro atoms. The highest BCUT2D eigenvalue weighted by molar-refractivity contribution is 6.99. The SMILES string of the molecule is CC(C)(C)[Si](OCC1CC(n2cc3cc([N+](=O)[O-])c(C=O)cc3n2)C1)(c1ccccc1)c1ccccc1. The second kappa shape index (κ2) is 9.68. The third kappa shape index (κ3) is 4.51. The molecule has 1 saturated carbocycles. The molecule has 1 heterocycles. The van der Waals surface area contributed by atoms with E-state index < -0.39 is 13.2 Å². The molecule has 8 heteroatoms. The van der Waals surface area contributed by atoms with Crippen LogP contribution in [0.5, 0.6) is 0 Å². The lowest BCUT2D eigenvalue weighted by Crippen LogP contribution is -2.67. The Balaban J connectivity index is 1.36. The fourth-order valence-electron chi connectivity index (χ4n) is 5.59. The number of aldehydes is 1. The van der Waals surface area contributed by atoms with Crippen molar-refractivity contribution in [3.63, 3.8) is 0 Å². The molecule has 1 aliphatic rings. The highest BCUT2D eigenvalue weighted by Gasteiger charge is 2.50. The van der Waals surface area contributed by atoms with Crippen molar-refractivity contribution < 1.29 is 14.1 Å². The van der Waals surface area contributed by atoms with E-state index in [1.165, 1.54) is 22.5 Å². The van der Waals surface area contributed by atoms with Gasteiger partial charge < -0.3 is 4.43 Å². The standard InChI is InChI=1S/C29H31N3O4Si/c1-29(2,3)37(25-10-6-4-7-11-25,26-12-8-5-9-13-26)36-20-21-14-24(15-21)31-18-22-17-28(32(34)35)23(19-33)16-27(22)30-31/h4-13,16-19,21,24H,14-15,20H2,1-3H3. The first-order chi connectivity index (χ1) is 17.7. The maximum absolute atomic E-state index is 11.3. The monoisotopic (exact) mass is 513 g/mol. The average molecular weight is 514 g/mol. The van der Waals surface area contributed by atoms with E-state index in [-0.39, 0.29) is 22.3 Å². The van der Waals surface area contributed by atoms with E-state index in [1.54, 1.807) is 0 Å². The van der Waals surface area contributed by atoms with Crippen LogP contribution in [-0.4, -0.2) is 35.9 Å². The van der Waals surface area contributed by atoms with E-state index in [9.17, 15) is 14.9 Å². The lowest BCUT2D eigenvalue weighted by molar-refractivity contribution is -0.384. The van der Waals surface area contributed by atoms with E-state index in [2.05, 4.69) is 74.4 Å². The number of fused-ring (bicyclic) bond motifs is 1. The molecule has 0 N–H and O–H groups in total. The fraction of sp³-hybridized carbons (Fsp3) is 0.310. The van der Waals surface area contributed by atoms with Gasteiger partial charge in [-0.3, -0.25) is 19.6 Å². The fourth-order valence-corrected chi connectivity index (χ4v) is 10.2. The number of aromatic nitrogens is 2. The second-order valence-electron chi connectivity index (χ2n) is 10.9. The molecule has 3 aromatic carbocycles. The van der Waals surface area contributed by atoms with Gasteiger partial charge in [0.05, 0.1) is 22.0 Å². The summed E-state index contributed by atoms with van der Waals surface area (Å²) in [6.45, 7) is 7.52. The minimum absolute atomic E-state index is 0.0490. The Morgan fingerprint density at radius 2 is 1.65 bits per heavy atom. The summed E-state index contributed by atoms with van der Waals surface area (Å²) in [5.74, 6) is 0.402. The molecule has 0 atom stereocenters. The molecule has 4 aromatic rings. The minimum atomic E-state index is -2.57. The van der Waals surface area contributed by atoms with Crippen LogP contribution in [0.15, 0.2) is 79.0 Å². The zero-order valence-corrected chi connectivity index (χ0v) is 22.3. The number of hydrogen-bond donors (Lipinski definition) is 0. The summed E-state index contributed by atoms with van der Waals surface area (Å²) in [6, 6.07) is 24.4. The number of nitro groups is 1. The van der Waals surface area contributed by atoms with Crippen LogP contribution in [0.3, 0.4) is 0 Å². The number of nitrogens with zero attached hydrogens (tertiary/aromatic N) is 3. The van der Waals surface area contributed by atoms with Crippen LogP contribution in [-0.2, 0) is 4.43 Å². The molecule has 0 radical (unpaired) electrons. The first-order valence-electron chi connectivity index (χ1n) is 12.6. The molecule has 0 aliphatic heterocycles. The van der Waals surface area contributed by atoms with E-state index in [0.29, 0.717) is 29.7 Å². The summed E-state index contributed by atoms with van der Waals surface area (Å²) < 4.78 is 8.97. The Morgan fingerprint density at radius 1 is 1.05 bits per heavy atom. The summed E-state index contributed by atoms with van der Waals surface area (Å²) in [4.78, 5) is 22.1. The van der Waals surface area contributed by atoms with Gasteiger partial charge in [-0.15, -0.1) is 0 Å². The first kappa shape index (κ1) is 25.0. The Kier molecular flexibility index (Phi) is 6.55. The number of hydrogen-bond acceptors (Lipinski definition) is 5. The van der Waals surface area contributed by atoms with Crippen LogP contribution in [0.1, 0.15) is 50.0 Å². The Bertz CT molecular complexity index is 1380. The first-order valence-corrected chi connectivity index (χ1v) is 14.5. The highest BCUT2D eigenvalue weighted by Crippen LogP contribution is 2.42. The van der Waals surface area contributed by atoms with Crippen LogP contribution in [0, 0.1) is 16.0 Å². The minimum Gasteiger partial charge on any atom is -0.407 e. The van der Waals surface area contributed by atoms with Gasteiger partial charge in [0, 0.05) is 24.3 Å². The second-order valence-corrected chi connectivity index (χ2v) is 15.2. The molecule has 0 unspecified atom stereocenters. The molecule has 1 fully saturated rings. The van der Waals surface area contributed by atoms with Crippen molar-refractivity contribution in [1.82, 2.24) is 9.78 Å². The Labute approximate surface area is 217 Å². The third-order valence-corrected chi connectivity index (χ3v) is 12.5. The maximum Gasteiger partial charge on any atom is 0.280 e. The number of benzene rings is 3. The molecular formula is C29H31N3O4Si. The van der Waals surface area contributed by atoms with Crippen molar-refractivity contribution in [2.75, 3.05) is 6.61 Å². The van der Waals surface area contributed by atoms with Gasteiger partial charge in [0.15, 0.2) is 6.29 Å². The molecule has 37 heavy (non-hydrogen) atoms. The van der Waals surface area contributed by atoms with Crippen LogP contribution >= 0.6 is 0 Å². The van der Waals surface area contributed by atoms with Gasteiger partial charge >= 0.3 is 0 Å². The van der Waals surface area contributed by atoms with Crippen molar-refractivity contribution in [3.8, 4) is 0 Å². The average Bonchev–Trinajstić information content (AvgIpc) is 3.27. The summed E-state index contributed by atoms with van der Waals surface area (Å²) in [7, 11) is -2.57. The lowest BCUT2D eigenvalue weighted by Gasteiger charge is -2.45. The van der Waals surface area contributed by atoms with Gasteiger partial charge in [0.25, 0.3) is 14.0 Å². The largest absolute Gasteiger partial charge is 0.407 e. The molecule has 1 aliphatic carbocycles. The molecule has 0 saturated heterocycles. The predicted molar refractivity (Wildman–Crippen MR) is 147 cm³/mol. The number of carbonyl (C=O) groups excluding carboxylic acids is 1. The number of carbonyl (C=O) groups is 1. The third-order valence-electron chi connectivity index (χ3n) is 7.53. The topological polar surface area (TPSA) is 87.3 Å². The van der Waals surface area contributed by atoms with Gasteiger partial charge in [-0.1, -0.05) is 81.4 Å². The molecule has 1 aromatic heterocycles. The van der Waals surface area contributed by atoms with E-state index in [4.69, 9.17) is 4.43 Å². The van der Waals surface area contributed by atoms with Crippen molar-refractivity contribution in [3.05, 3.63) is 94.7 Å². The van der Waals surface area contributed by atoms with Gasteiger partial charge in [-0.25, -0.2) is 0 Å². The quantitative estimate of drug-likeness (QED) is 0.138. The lowest BCUT2D eigenvalue weighted by atomic mass is 9.81. The molecule has 190 valence electrons. The summed E-state index contributed by atoms with van der Waals surface area (Å²) in [5, 5.41) is 19.1. The van der Waals surface area contributed by atoms with Crippen LogP contribution in [0.4, 0.5) is 5.69 Å². The van der Waals surface area contributed by atoms with Gasteiger partial charge in [-0.2, -0.15) is 5.10 Å².